The third kappa shape index (κ3) is 5.42. The second-order valence-corrected chi connectivity index (χ2v) is 14.8. The van der Waals surface area contributed by atoms with Crippen molar-refractivity contribution in [3.8, 4) is 0 Å². The Hall–Kier alpha value is -0.673. The predicted octanol–water partition coefficient (Wildman–Crippen LogP) is 6.54. The molecule has 0 aromatic rings. The molecule has 2 rings (SSSR count). The van der Waals surface area contributed by atoms with Gasteiger partial charge in [0.25, 0.3) is 0 Å². The lowest BCUT2D eigenvalue weighted by atomic mass is 9.62. The van der Waals surface area contributed by atoms with Crippen molar-refractivity contribution in [1.82, 2.24) is 0 Å². The Labute approximate surface area is 162 Å². The summed E-state index contributed by atoms with van der Waals surface area (Å²) >= 11 is 0. The summed E-state index contributed by atoms with van der Waals surface area (Å²) in [6.07, 6.45) is 15.4. The van der Waals surface area contributed by atoms with Crippen LogP contribution in [-0.4, -0.2) is 19.7 Å². The van der Waals surface area contributed by atoms with Crippen LogP contribution in [0.4, 0.5) is 0 Å². The van der Waals surface area contributed by atoms with Crippen molar-refractivity contribution in [3.05, 3.63) is 24.3 Å². The van der Waals surface area contributed by atoms with Gasteiger partial charge in [-0.25, -0.2) is 0 Å². The lowest BCUT2D eigenvalue weighted by Crippen LogP contribution is -2.39. The Bertz CT molecular complexity index is 555. The molecule has 0 unspecified atom stereocenters. The number of ketones is 1. The molecule has 2 saturated carbocycles. The summed E-state index contributed by atoms with van der Waals surface area (Å²) in [5, 5.41) is 0. The Kier molecular flexibility index (Phi) is 6.77. The zero-order chi connectivity index (χ0) is 19.6. The van der Waals surface area contributed by atoms with Gasteiger partial charge in [0, 0.05) is 12.3 Å². The van der Waals surface area contributed by atoms with Gasteiger partial charge >= 0.3 is 0 Å². The maximum atomic E-state index is 12.3. The molecule has 0 bridgehead atoms. The van der Waals surface area contributed by atoms with Crippen LogP contribution in [0.5, 0.6) is 0 Å². The van der Waals surface area contributed by atoms with Gasteiger partial charge in [-0.05, 0) is 82.8 Å². The third-order valence-electron chi connectivity index (χ3n) is 6.45. The van der Waals surface area contributed by atoms with Crippen LogP contribution in [0.2, 0.25) is 19.6 Å². The largest absolute Gasteiger partial charge is 0.409 e. The first-order chi connectivity index (χ1) is 11.9. The molecule has 0 N–H and O–H groups in total. The van der Waals surface area contributed by atoms with E-state index in [0.717, 1.165) is 25.7 Å². The fourth-order valence-electron chi connectivity index (χ4n) is 5.55. The minimum Gasteiger partial charge on any atom is -0.409 e. The molecule has 0 heterocycles. The number of carbonyl (C=O) groups excluding carboxylic acids is 1. The Morgan fingerprint density at radius 1 is 1.27 bits per heavy atom. The highest BCUT2D eigenvalue weighted by Crippen LogP contribution is 2.56. The van der Waals surface area contributed by atoms with Gasteiger partial charge in [0.05, 0.1) is 5.60 Å². The van der Waals surface area contributed by atoms with Crippen LogP contribution in [0, 0.1) is 23.2 Å². The maximum absolute atomic E-state index is 12.3. The number of hydrogen-bond donors (Lipinski definition) is 0. The zero-order valence-electron chi connectivity index (χ0n) is 18.1. The molecule has 26 heavy (non-hydrogen) atoms. The molecule has 0 aliphatic heterocycles. The number of carbonyl (C=O) groups is 1. The van der Waals surface area contributed by atoms with Crippen LogP contribution >= 0.6 is 0 Å². The number of fused-ring (bicyclic) bond motifs is 1. The molecule has 2 aliphatic carbocycles. The van der Waals surface area contributed by atoms with Crippen LogP contribution in [0.25, 0.3) is 0 Å². The summed E-state index contributed by atoms with van der Waals surface area (Å²) < 4.78 is 6.20. The van der Waals surface area contributed by atoms with E-state index in [1.54, 1.807) is 0 Å². The average Bonchev–Trinajstić information content (AvgIpc) is 2.82. The number of Topliss-reactive ketones (excluding diaryl/α,β-unsaturated/α-hetero) is 1. The number of rotatable bonds is 7. The average molecular weight is 377 g/mol. The maximum Gasteiger partial charge on any atom is 0.184 e. The van der Waals surface area contributed by atoms with E-state index in [1.807, 2.05) is 0 Å². The monoisotopic (exact) mass is 376 g/mol. The van der Waals surface area contributed by atoms with Crippen molar-refractivity contribution in [2.75, 3.05) is 0 Å². The van der Waals surface area contributed by atoms with Gasteiger partial charge in [0.2, 0.25) is 0 Å². The van der Waals surface area contributed by atoms with Gasteiger partial charge in [-0.3, -0.25) is 4.79 Å². The van der Waals surface area contributed by atoms with Crippen LogP contribution in [0.3, 0.4) is 0 Å². The van der Waals surface area contributed by atoms with E-state index in [2.05, 4.69) is 71.6 Å². The van der Waals surface area contributed by atoms with E-state index >= 15 is 0 Å². The minimum atomic E-state index is -1.53. The lowest BCUT2D eigenvalue weighted by Gasteiger charge is -2.42. The summed E-state index contributed by atoms with van der Waals surface area (Å²) in [5.74, 6) is 2.22. The van der Waals surface area contributed by atoms with E-state index in [0.29, 0.717) is 23.5 Å². The fraction of sp³-hybridized carbons (Fsp3) is 0.783. The van der Waals surface area contributed by atoms with E-state index in [1.165, 1.54) is 12.8 Å². The highest BCUT2D eigenvalue weighted by Gasteiger charge is 2.52. The van der Waals surface area contributed by atoms with Gasteiger partial charge in [0.15, 0.2) is 8.32 Å². The van der Waals surface area contributed by atoms with Crippen molar-refractivity contribution in [1.29, 1.82) is 0 Å². The van der Waals surface area contributed by atoms with Gasteiger partial charge in [-0.2, -0.15) is 0 Å². The summed E-state index contributed by atoms with van der Waals surface area (Å²) in [4.78, 5) is 12.3. The molecule has 0 spiro atoms. The van der Waals surface area contributed by atoms with Crippen molar-refractivity contribution >= 4 is 14.1 Å². The molecule has 3 heteroatoms. The van der Waals surface area contributed by atoms with Gasteiger partial charge < -0.3 is 4.43 Å². The van der Waals surface area contributed by atoms with Crippen LogP contribution in [-0.2, 0) is 9.22 Å². The molecular weight excluding hydrogens is 336 g/mol. The van der Waals surface area contributed by atoms with Crippen molar-refractivity contribution in [2.24, 2.45) is 23.2 Å². The standard InChI is InChI=1S/C23H40O2Si/c1-18(12-9-8-10-16-22(2,3)25-26(5,6)7)19-14-15-20-21(24)13-11-17-23(19,20)4/h8-10,16,18-20H,11-15,17H2,1-7H3/b9-8+,16-10+/t18-,19-,20+,23-/m1/s1. The molecule has 4 atom stereocenters. The third-order valence-corrected chi connectivity index (χ3v) is 7.58. The molecule has 2 aliphatic rings. The molecule has 0 aromatic heterocycles. The topological polar surface area (TPSA) is 26.3 Å². The van der Waals surface area contributed by atoms with Crippen molar-refractivity contribution in [3.63, 3.8) is 0 Å². The van der Waals surface area contributed by atoms with Crippen LogP contribution in [0.1, 0.15) is 66.2 Å². The Morgan fingerprint density at radius 2 is 1.96 bits per heavy atom. The number of hydrogen-bond acceptors (Lipinski definition) is 2. The molecule has 0 saturated heterocycles. The van der Waals surface area contributed by atoms with Crippen LogP contribution in [0.15, 0.2) is 24.3 Å². The van der Waals surface area contributed by atoms with E-state index in [4.69, 9.17) is 4.43 Å². The molecule has 0 aromatic carbocycles. The first-order valence-electron chi connectivity index (χ1n) is 10.5. The van der Waals surface area contributed by atoms with Gasteiger partial charge in [0.1, 0.15) is 5.78 Å². The second kappa shape index (κ2) is 8.14. The highest BCUT2D eigenvalue weighted by molar-refractivity contribution is 6.69. The first kappa shape index (κ1) is 21.6. The molecule has 2 fully saturated rings. The zero-order valence-corrected chi connectivity index (χ0v) is 19.1. The summed E-state index contributed by atoms with van der Waals surface area (Å²) in [7, 11) is -1.53. The molecule has 148 valence electrons. The van der Waals surface area contributed by atoms with Crippen molar-refractivity contribution < 1.29 is 9.22 Å². The SMILES string of the molecule is C[C@H](C/C=C/C=C/C(C)(C)O[Si](C)(C)C)[C@H]1CC[C@H]2C(=O)CCC[C@]12C. The van der Waals surface area contributed by atoms with E-state index in [9.17, 15) is 4.79 Å². The quantitative estimate of drug-likeness (QED) is 0.372. The summed E-state index contributed by atoms with van der Waals surface area (Å²) in [5.41, 5.74) is 0.0562. The van der Waals surface area contributed by atoms with E-state index < -0.39 is 8.32 Å². The van der Waals surface area contributed by atoms with Crippen LogP contribution < -0.4 is 0 Å². The fourth-order valence-corrected chi connectivity index (χ4v) is 7.20. The van der Waals surface area contributed by atoms with E-state index in [-0.39, 0.29) is 11.0 Å². The first-order valence-corrected chi connectivity index (χ1v) is 13.9. The predicted molar refractivity (Wildman–Crippen MR) is 114 cm³/mol. The smallest absolute Gasteiger partial charge is 0.184 e. The summed E-state index contributed by atoms with van der Waals surface area (Å²) in [6.45, 7) is 15.7. The molecular formula is C23H40O2Si. The molecule has 0 amide bonds. The molecule has 2 nitrogen and oxygen atoms in total. The lowest BCUT2D eigenvalue weighted by molar-refractivity contribution is -0.130. The highest BCUT2D eigenvalue weighted by atomic mass is 28.4. The summed E-state index contributed by atoms with van der Waals surface area (Å²) in [6, 6.07) is 0. The Balaban J connectivity index is 1.88. The van der Waals surface area contributed by atoms with Crippen molar-refractivity contribution in [2.45, 2.75) is 91.5 Å². The number of allylic oxidation sites excluding steroid dienone is 3. The Morgan fingerprint density at radius 3 is 2.62 bits per heavy atom. The van der Waals surface area contributed by atoms with Gasteiger partial charge in [-0.15, -0.1) is 0 Å². The van der Waals surface area contributed by atoms with Gasteiger partial charge in [-0.1, -0.05) is 38.2 Å². The second-order valence-electron chi connectivity index (χ2n) is 10.4. The minimum absolute atomic E-state index is 0.199. The molecule has 0 radical (unpaired) electrons. The normalized spacial score (nSPS) is 31.7.